The largest absolute Gasteiger partial charge is 0.462 e. The van der Waals surface area contributed by atoms with Crippen LogP contribution >= 0.6 is 19.4 Å². The Bertz CT molecular complexity index is 1040. The van der Waals surface area contributed by atoms with Crippen LogP contribution in [0.15, 0.2) is 0 Å². The summed E-state index contributed by atoms with van der Waals surface area (Å²) in [4.78, 5) is 37.7. The van der Waals surface area contributed by atoms with Crippen LogP contribution < -0.4 is 11.1 Å². The van der Waals surface area contributed by atoms with E-state index in [1.807, 2.05) is 0 Å². The molecule has 0 rings (SSSR count). The van der Waals surface area contributed by atoms with Gasteiger partial charge in [-0.15, -0.1) is 0 Å². The molecular formula is C41H79F2N2O10PS. The second-order valence-corrected chi connectivity index (χ2v) is 17.6. The lowest BCUT2D eigenvalue weighted by Gasteiger charge is -2.25. The fourth-order valence-corrected chi connectivity index (χ4v) is 8.24. The summed E-state index contributed by atoms with van der Waals surface area (Å²) >= 11 is 1.34. The highest BCUT2D eigenvalue weighted by atomic mass is 32.2. The maximum Gasteiger partial charge on any atom is 0.399 e. The number of thioether (sulfide) groups is 1. The highest BCUT2D eigenvalue weighted by molar-refractivity contribution is 7.99. The summed E-state index contributed by atoms with van der Waals surface area (Å²) in [5.41, 5.74) is 2.42. The molecule has 16 heteroatoms. The topological polar surface area (TPSA) is 162 Å². The molecule has 0 aliphatic rings. The molecule has 1 amide bonds. The van der Waals surface area contributed by atoms with Crippen molar-refractivity contribution < 1.29 is 55.7 Å². The molecule has 0 saturated heterocycles. The maximum absolute atomic E-state index is 14.4. The van der Waals surface area contributed by atoms with Crippen molar-refractivity contribution in [3.8, 4) is 0 Å². The van der Waals surface area contributed by atoms with Gasteiger partial charge < -0.3 is 39.0 Å². The third kappa shape index (κ3) is 31.2. The van der Waals surface area contributed by atoms with Crippen LogP contribution in [0.1, 0.15) is 163 Å². The minimum absolute atomic E-state index is 0.0211. The number of hydrogen-bond donors (Lipinski definition) is 2. The van der Waals surface area contributed by atoms with E-state index in [4.69, 9.17) is 33.7 Å². The van der Waals surface area contributed by atoms with Gasteiger partial charge in [-0.25, -0.2) is 0 Å². The summed E-state index contributed by atoms with van der Waals surface area (Å²) in [7, 11) is -4.59. The van der Waals surface area contributed by atoms with Crippen molar-refractivity contribution >= 4 is 37.2 Å². The fourth-order valence-electron chi connectivity index (χ4n) is 5.78. The lowest BCUT2D eigenvalue weighted by molar-refractivity contribution is -0.157. The van der Waals surface area contributed by atoms with Crippen LogP contribution in [-0.4, -0.2) is 100.0 Å². The standard InChI is InChI=1S/C41H79F2N2O10PS/c1-5-9-11-13-15-17-19-21-23-25-38(46)52-33-36(55-39(47)26-24-22-20-18-16-14-12-10-6-2)34-57-35-37(44)40(48)45-28-30-51-32-31-50-29-27-41(42,43)56(49,53-7-3)54-8-4/h36-37H,5-35,44H2,1-4H3,(H,45,48)/t36-,37+/m1/s1. The smallest absolute Gasteiger partial charge is 0.399 e. The molecule has 0 heterocycles. The quantitative estimate of drug-likeness (QED) is 0.0340. The Morgan fingerprint density at radius 3 is 1.65 bits per heavy atom. The van der Waals surface area contributed by atoms with Gasteiger partial charge in [-0.05, 0) is 26.7 Å². The van der Waals surface area contributed by atoms with Gasteiger partial charge in [-0.3, -0.25) is 18.9 Å². The summed E-state index contributed by atoms with van der Waals surface area (Å²) in [5.74, 6) is -0.439. The minimum Gasteiger partial charge on any atom is -0.462 e. The first-order valence-corrected chi connectivity index (χ1v) is 24.5. The normalized spacial score (nSPS) is 13.0. The van der Waals surface area contributed by atoms with Crippen LogP contribution in [0, 0.1) is 0 Å². The zero-order chi connectivity index (χ0) is 42.5. The molecule has 2 atom stereocenters. The predicted octanol–water partition coefficient (Wildman–Crippen LogP) is 9.74. The molecule has 0 unspecified atom stereocenters. The summed E-state index contributed by atoms with van der Waals surface area (Å²) in [6, 6.07) is -0.836. The Labute approximate surface area is 347 Å². The van der Waals surface area contributed by atoms with Crippen molar-refractivity contribution in [2.24, 2.45) is 5.73 Å². The van der Waals surface area contributed by atoms with Gasteiger partial charge >= 0.3 is 25.2 Å². The van der Waals surface area contributed by atoms with Gasteiger partial charge in [-0.1, -0.05) is 117 Å². The summed E-state index contributed by atoms with van der Waals surface area (Å²) in [5, 5.41) is 2.69. The van der Waals surface area contributed by atoms with Gasteiger partial charge in [0, 0.05) is 37.3 Å². The molecule has 338 valence electrons. The molecule has 0 saturated carbocycles. The number of hydrogen-bond acceptors (Lipinski definition) is 12. The van der Waals surface area contributed by atoms with Crippen molar-refractivity contribution in [3.63, 3.8) is 0 Å². The van der Waals surface area contributed by atoms with Crippen molar-refractivity contribution in [2.75, 3.05) is 64.3 Å². The maximum atomic E-state index is 14.4. The highest BCUT2D eigenvalue weighted by Gasteiger charge is 2.52. The number of unbranched alkanes of at least 4 members (excludes halogenated alkanes) is 16. The van der Waals surface area contributed by atoms with Gasteiger partial charge in [0.15, 0.2) is 0 Å². The summed E-state index contributed by atoms with van der Waals surface area (Å²) in [6.07, 6.45) is 19.8. The first-order chi connectivity index (χ1) is 27.5. The summed E-state index contributed by atoms with van der Waals surface area (Å²) in [6.45, 7) is 7.03. The molecule has 12 nitrogen and oxygen atoms in total. The number of nitrogens with two attached hydrogens (primary N) is 1. The lowest BCUT2D eigenvalue weighted by Crippen LogP contribution is -2.43. The first kappa shape index (κ1) is 55.7. The number of nitrogens with one attached hydrogen (secondary N) is 1. The van der Waals surface area contributed by atoms with Crippen molar-refractivity contribution in [2.45, 2.75) is 180 Å². The van der Waals surface area contributed by atoms with Crippen LogP contribution in [0.5, 0.6) is 0 Å². The number of rotatable bonds is 42. The second-order valence-electron chi connectivity index (χ2n) is 14.4. The van der Waals surface area contributed by atoms with E-state index in [1.54, 1.807) is 0 Å². The van der Waals surface area contributed by atoms with Gasteiger partial charge in [-0.2, -0.15) is 20.5 Å². The number of esters is 2. The Morgan fingerprint density at radius 1 is 0.667 bits per heavy atom. The molecule has 0 aliphatic heterocycles. The SMILES string of the molecule is CCCCCCCCCCCC(=O)OC[C@H](CSC[C@H](N)C(=O)NCCOCCOCCC(F)(F)P(=O)(OCC)OCC)OC(=O)CCCCCCCCCCC. The third-order valence-electron chi connectivity index (χ3n) is 9.10. The Morgan fingerprint density at radius 2 is 1.14 bits per heavy atom. The molecule has 0 spiro atoms. The minimum atomic E-state index is -4.59. The monoisotopic (exact) mass is 861 g/mol. The molecule has 57 heavy (non-hydrogen) atoms. The lowest BCUT2D eigenvalue weighted by atomic mass is 10.1. The Balaban J connectivity index is 4.53. The van der Waals surface area contributed by atoms with Crippen molar-refractivity contribution in [1.82, 2.24) is 5.32 Å². The van der Waals surface area contributed by atoms with Crippen molar-refractivity contribution in [3.05, 3.63) is 0 Å². The van der Waals surface area contributed by atoms with Crippen LogP contribution in [0.4, 0.5) is 8.78 Å². The molecule has 0 aliphatic carbocycles. The van der Waals surface area contributed by atoms with E-state index >= 15 is 0 Å². The van der Waals surface area contributed by atoms with E-state index in [0.717, 1.165) is 38.5 Å². The zero-order valence-electron chi connectivity index (χ0n) is 35.8. The second kappa shape index (κ2) is 37.6. The fraction of sp³-hybridized carbons (Fsp3) is 0.927. The van der Waals surface area contributed by atoms with Crippen molar-refractivity contribution in [1.29, 1.82) is 0 Å². The third-order valence-corrected chi connectivity index (χ3v) is 12.5. The molecule has 0 bridgehead atoms. The Kier molecular flexibility index (Phi) is 36.7. The van der Waals surface area contributed by atoms with Crippen LogP contribution in [-0.2, 0) is 46.9 Å². The van der Waals surface area contributed by atoms with Gasteiger partial charge in [0.05, 0.1) is 45.7 Å². The molecule has 0 aromatic carbocycles. The van der Waals surface area contributed by atoms with Gasteiger partial charge in [0.25, 0.3) is 0 Å². The number of ether oxygens (including phenoxy) is 4. The number of alkyl halides is 2. The number of carbonyl (C=O) groups excluding carboxylic acids is 3. The average Bonchev–Trinajstić information content (AvgIpc) is 3.17. The van der Waals surface area contributed by atoms with E-state index in [-0.39, 0.29) is 76.4 Å². The van der Waals surface area contributed by atoms with Gasteiger partial charge in [0.1, 0.15) is 12.7 Å². The Hall–Kier alpha value is -1.35. The molecule has 0 aromatic heterocycles. The number of halogens is 2. The van der Waals surface area contributed by atoms with Crippen LogP contribution in [0.3, 0.4) is 0 Å². The zero-order valence-corrected chi connectivity index (χ0v) is 37.6. The first-order valence-electron chi connectivity index (χ1n) is 21.8. The molecule has 0 aromatic rings. The molecule has 3 N–H and O–H groups in total. The van der Waals surface area contributed by atoms with Crippen LogP contribution in [0.25, 0.3) is 0 Å². The van der Waals surface area contributed by atoms with E-state index in [9.17, 15) is 27.7 Å². The van der Waals surface area contributed by atoms with Gasteiger partial charge in [0.2, 0.25) is 5.91 Å². The predicted molar refractivity (Wildman–Crippen MR) is 225 cm³/mol. The highest BCUT2D eigenvalue weighted by Crippen LogP contribution is 2.63. The molecular weight excluding hydrogens is 781 g/mol. The molecule has 0 radical (unpaired) electrons. The van der Waals surface area contributed by atoms with Crippen LogP contribution in [0.2, 0.25) is 0 Å². The van der Waals surface area contributed by atoms with E-state index < -0.39 is 31.8 Å². The number of amides is 1. The van der Waals surface area contributed by atoms with E-state index in [1.165, 1.54) is 103 Å². The average molecular weight is 861 g/mol. The van der Waals surface area contributed by atoms with E-state index in [2.05, 4.69) is 19.2 Å². The summed E-state index contributed by atoms with van der Waals surface area (Å²) < 4.78 is 72.4. The molecule has 0 fully saturated rings. The number of carbonyl (C=O) groups is 3. The van der Waals surface area contributed by atoms with E-state index in [0.29, 0.717) is 18.6 Å².